The lowest BCUT2D eigenvalue weighted by Crippen LogP contribution is -2.30. The maximum atomic E-state index is 13.0. The number of rotatable bonds is 7. The van der Waals surface area contributed by atoms with Gasteiger partial charge in [-0.2, -0.15) is 0 Å². The van der Waals surface area contributed by atoms with Crippen molar-refractivity contribution < 1.29 is 24.2 Å². The fraction of sp³-hybridized carbons (Fsp3) is 0.360. The Morgan fingerprint density at radius 1 is 1.03 bits per heavy atom. The third kappa shape index (κ3) is 4.15. The van der Waals surface area contributed by atoms with E-state index in [-0.39, 0.29) is 11.3 Å². The zero-order valence-corrected chi connectivity index (χ0v) is 18.6. The van der Waals surface area contributed by atoms with Gasteiger partial charge < -0.3 is 19.5 Å². The first-order valence-electron chi connectivity index (χ1n) is 10.4. The van der Waals surface area contributed by atoms with Gasteiger partial charge in [0.05, 0.1) is 25.8 Å². The maximum Gasteiger partial charge on any atom is 0.295 e. The maximum absolute atomic E-state index is 13.0. The van der Waals surface area contributed by atoms with E-state index in [1.54, 1.807) is 23.1 Å². The van der Waals surface area contributed by atoms with Crippen molar-refractivity contribution in [1.29, 1.82) is 0 Å². The topological polar surface area (TPSA) is 76.1 Å². The van der Waals surface area contributed by atoms with E-state index >= 15 is 0 Å². The minimum absolute atomic E-state index is 0.0861. The molecule has 1 atom stereocenters. The molecule has 1 N–H and O–H groups in total. The molecule has 0 bridgehead atoms. The Morgan fingerprint density at radius 3 is 2.23 bits per heavy atom. The number of amides is 1. The van der Waals surface area contributed by atoms with Crippen molar-refractivity contribution in [2.45, 2.75) is 39.2 Å². The summed E-state index contributed by atoms with van der Waals surface area (Å²) in [5.41, 5.74) is 2.43. The number of Topliss-reactive ketones (excluding diaryl/α,β-unsaturated/α-hetero) is 1. The minimum Gasteiger partial charge on any atom is -0.507 e. The number of aliphatic hydroxyl groups excluding tert-OH is 1. The molecule has 31 heavy (non-hydrogen) atoms. The standard InChI is InChI=1S/C25H29NO5/c1-6-13-26-22(17-9-7-16(8-10-17)15(2)3)21(24(28)25(26)29)23(27)18-11-12-19(30-4)20(14-18)31-5/h7-12,14-15,22,27H,6,13H2,1-5H3/b23-21-. The van der Waals surface area contributed by atoms with Crippen molar-refractivity contribution in [3.05, 3.63) is 64.7 Å². The molecule has 1 amide bonds. The molecule has 6 heteroatoms. The van der Waals surface area contributed by atoms with Gasteiger partial charge in [0.1, 0.15) is 5.76 Å². The summed E-state index contributed by atoms with van der Waals surface area (Å²) in [5.74, 6) is -0.211. The Balaban J connectivity index is 2.16. The average Bonchev–Trinajstić information content (AvgIpc) is 3.03. The SMILES string of the molecule is CCCN1C(=O)C(=O)/C(=C(\O)c2ccc(OC)c(OC)c2)C1c1ccc(C(C)C)cc1. The number of ether oxygens (including phenoxy) is 2. The van der Waals surface area contributed by atoms with E-state index in [4.69, 9.17) is 9.47 Å². The molecule has 0 spiro atoms. The molecule has 1 aliphatic rings. The minimum atomic E-state index is -0.682. The molecule has 2 aromatic rings. The average molecular weight is 424 g/mol. The Hall–Kier alpha value is -3.28. The van der Waals surface area contributed by atoms with Crippen LogP contribution in [-0.2, 0) is 9.59 Å². The second-order valence-corrected chi connectivity index (χ2v) is 7.88. The first kappa shape index (κ1) is 22.4. The van der Waals surface area contributed by atoms with Gasteiger partial charge in [0.2, 0.25) is 0 Å². The lowest BCUT2D eigenvalue weighted by atomic mass is 9.93. The van der Waals surface area contributed by atoms with Crippen molar-refractivity contribution >= 4 is 17.4 Å². The summed E-state index contributed by atoms with van der Waals surface area (Å²) in [6, 6.07) is 12.1. The van der Waals surface area contributed by atoms with Crippen molar-refractivity contribution in [3.8, 4) is 11.5 Å². The van der Waals surface area contributed by atoms with E-state index < -0.39 is 17.7 Å². The summed E-state index contributed by atoms with van der Waals surface area (Å²) >= 11 is 0. The molecule has 0 aliphatic carbocycles. The van der Waals surface area contributed by atoms with Gasteiger partial charge in [0.25, 0.3) is 11.7 Å². The number of aliphatic hydroxyl groups is 1. The van der Waals surface area contributed by atoms with Gasteiger partial charge >= 0.3 is 0 Å². The second kappa shape index (κ2) is 9.25. The highest BCUT2D eigenvalue weighted by atomic mass is 16.5. The highest BCUT2D eigenvalue weighted by Crippen LogP contribution is 2.41. The zero-order chi connectivity index (χ0) is 22.7. The van der Waals surface area contributed by atoms with Crippen molar-refractivity contribution in [2.75, 3.05) is 20.8 Å². The predicted octanol–water partition coefficient (Wildman–Crippen LogP) is 4.66. The second-order valence-electron chi connectivity index (χ2n) is 7.88. The Kier molecular flexibility index (Phi) is 6.68. The summed E-state index contributed by atoms with van der Waals surface area (Å²) in [4.78, 5) is 27.3. The third-order valence-electron chi connectivity index (χ3n) is 5.58. The molecule has 0 saturated carbocycles. The lowest BCUT2D eigenvalue weighted by molar-refractivity contribution is -0.139. The molecule has 1 saturated heterocycles. The molecule has 3 rings (SSSR count). The van der Waals surface area contributed by atoms with E-state index in [9.17, 15) is 14.7 Å². The number of hydrogen-bond donors (Lipinski definition) is 1. The van der Waals surface area contributed by atoms with Gasteiger partial charge in [-0.25, -0.2) is 0 Å². The van der Waals surface area contributed by atoms with Crippen LogP contribution in [0.1, 0.15) is 55.8 Å². The normalized spacial score (nSPS) is 18.0. The van der Waals surface area contributed by atoms with E-state index in [2.05, 4.69) is 13.8 Å². The first-order valence-corrected chi connectivity index (χ1v) is 10.4. The predicted molar refractivity (Wildman–Crippen MR) is 119 cm³/mol. The molecule has 0 radical (unpaired) electrons. The van der Waals surface area contributed by atoms with Gasteiger partial charge in [0.15, 0.2) is 11.5 Å². The van der Waals surface area contributed by atoms with Crippen LogP contribution in [0.4, 0.5) is 0 Å². The molecule has 164 valence electrons. The number of nitrogens with zero attached hydrogens (tertiary/aromatic N) is 1. The summed E-state index contributed by atoms with van der Waals surface area (Å²) in [5, 5.41) is 11.1. The van der Waals surface area contributed by atoms with Crippen LogP contribution in [-0.4, -0.2) is 42.5 Å². The summed E-state index contributed by atoms with van der Waals surface area (Å²) < 4.78 is 10.6. The number of methoxy groups -OCH3 is 2. The summed E-state index contributed by atoms with van der Waals surface area (Å²) in [7, 11) is 3.02. The van der Waals surface area contributed by atoms with E-state index in [1.807, 2.05) is 31.2 Å². The fourth-order valence-corrected chi connectivity index (χ4v) is 3.90. The van der Waals surface area contributed by atoms with Crippen LogP contribution in [0.15, 0.2) is 48.0 Å². The van der Waals surface area contributed by atoms with Crippen molar-refractivity contribution in [1.82, 2.24) is 4.90 Å². The molecule has 0 aromatic heterocycles. The van der Waals surface area contributed by atoms with Gasteiger partial charge in [0, 0.05) is 12.1 Å². The fourth-order valence-electron chi connectivity index (χ4n) is 3.90. The smallest absolute Gasteiger partial charge is 0.295 e. The van der Waals surface area contributed by atoms with Crippen molar-refractivity contribution in [3.63, 3.8) is 0 Å². The van der Waals surface area contributed by atoms with E-state index in [1.165, 1.54) is 14.2 Å². The summed E-state index contributed by atoms with van der Waals surface area (Å²) in [6.45, 7) is 6.58. The molecular weight excluding hydrogens is 394 g/mol. The van der Waals surface area contributed by atoms with Crippen molar-refractivity contribution in [2.24, 2.45) is 0 Å². The molecule has 1 heterocycles. The van der Waals surface area contributed by atoms with E-state index in [0.717, 1.165) is 11.1 Å². The van der Waals surface area contributed by atoms with Gasteiger partial charge in [-0.1, -0.05) is 45.0 Å². The number of carbonyl (C=O) groups excluding carboxylic acids is 2. The molecule has 6 nitrogen and oxygen atoms in total. The van der Waals surface area contributed by atoms with Crippen LogP contribution in [0.5, 0.6) is 11.5 Å². The molecule has 2 aromatic carbocycles. The number of likely N-dealkylation sites (tertiary alicyclic amines) is 1. The number of benzene rings is 2. The van der Waals surface area contributed by atoms with Gasteiger partial charge in [-0.05, 0) is 41.7 Å². The Bertz CT molecular complexity index is 1010. The highest BCUT2D eigenvalue weighted by Gasteiger charge is 2.45. The lowest BCUT2D eigenvalue weighted by Gasteiger charge is -2.25. The third-order valence-corrected chi connectivity index (χ3v) is 5.58. The van der Waals surface area contributed by atoms with Crippen LogP contribution in [0.2, 0.25) is 0 Å². The summed E-state index contributed by atoms with van der Waals surface area (Å²) in [6.07, 6.45) is 0.698. The monoisotopic (exact) mass is 423 g/mol. The van der Waals surface area contributed by atoms with Crippen LogP contribution >= 0.6 is 0 Å². The quantitative estimate of drug-likeness (QED) is 0.398. The zero-order valence-electron chi connectivity index (χ0n) is 18.6. The number of ketones is 1. The molecule has 1 fully saturated rings. The van der Waals surface area contributed by atoms with Crippen LogP contribution in [0, 0.1) is 0 Å². The molecule has 1 unspecified atom stereocenters. The Morgan fingerprint density at radius 2 is 1.68 bits per heavy atom. The Labute approximate surface area is 183 Å². The molecular formula is C25H29NO5. The number of carbonyl (C=O) groups is 2. The van der Waals surface area contributed by atoms with Crippen LogP contribution < -0.4 is 9.47 Å². The van der Waals surface area contributed by atoms with Gasteiger partial charge in [-0.15, -0.1) is 0 Å². The number of hydrogen-bond acceptors (Lipinski definition) is 5. The van der Waals surface area contributed by atoms with Crippen LogP contribution in [0.3, 0.4) is 0 Å². The largest absolute Gasteiger partial charge is 0.507 e. The first-order chi connectivity index (χ1) is 14.8. The van der Waals surface area contributed by atoms with E-state index in [0.29, 0.717) is 35.9 Å². The van der Waals surface area contributed by atoms with Crippen LogP contribution in [0.25, 0.3) is 5.76 Å². The van der Waals surface area contributed by atoms with Gasteiger partial charge in [-0.3, -0.25) is 9.59 Å². The highest BCUT2D eigenvalue weighted by molar-refractivity contribution is 6.46. The molecule has 1 aliphatic heterocycles.